The zero-order valence-electron chi connectivity index (χ0n) is 23.5. The molecule has 1 N–H and O–H groups in total. The first-order chi connectivity index (χ1) is 19.0. The first kappa shape index (κ1) is 31.0. The Morgan fingerprint density at radius 1 is 0.975 bits per heavy atom. The van der Waals surface area contributed by atoms with Crippen LogP contribution in [0.4, 0.5) is 5.69 Å². The highest BCUT2D eigenvalue weighted by atomic mass is 35.5. The first-order valence-corrected chi connectivity index (χ1v) is 14.9. The molecule has 40 heavy (non-hydrogen) atoms. The fourth-order valence-corrected chi connectivity index (χ4v) is 6.01. The molecule has 1 atom stereocenters. The van der Waals surface area contributed by atoms with Gasteiger partial charge in [-0.2, -0.15) is 0 Å². The monoisotopic (exact) mass is 585 g/mol. The van der Waals surface area contributed by atoms with Gasteiger partial charge in [0.2, 0.25) is 11.8 Å². The molecular weight excluding hydrogens is 550 g/mol. The maximum atomic E-state index is 14.1. The number of sulfonamides is 1. The van der Waals surface area contributed by atoms with E-state index >= 15 is 0 Å². The minimum atomic E-state index is -4.24. The van der Waals surface area contributed by atoms with Crippen molar-refractivity contribution in [3.63, 3.8) is 0 Å². The lowest BCUT2D eigenvalue weighted by Crippen LogP contribution is -2.52. The zero-order chi connectivity index (χ0) is 29.4. The number of amides is 2. The summed E-state index contributed by atoms with van der Waals surface area (Å²) in [5.41, 5.74) is 2.83. The Morgan fingerprint density at radius 3 is 2.27 bits per heavy atom. The molecule has 0 aliphatic carbocycles. The van der Waals surface area contributed by atoms with Gasteiger partial charge in [0.15, 0.2) is 0 Å². The van der Waals surface area contributed by atoms with Gasteiger partial charge >= 0.3 is 0 Å². The summed E-state index contributed by atoms with van der Waals surface area (Å²) in [6, 6.07) is 17.8. The van der Waals surface area contributed by atoms with Crippen LogP contribution in [0.15, 0.2) is 71.6 Å². The van der Waals surface area contributed by atoms with Crippen molar-refractivity contribution in [1.82, 2.24) is 10.2 Å². The molecule has 0 unspecified atom stereocenters. The van der Waals surface area contributed by atoms with E-state index < -0.39 is 28.5 Å². The van der Waals surface area contributed by atoms with Gasteiger partial charge in [-0.05, 0) is 63.1 Å². The van der Waals surface area contributed by atoms with Crippen LogP contribution in [0.2, 0.25) is 5.02 Å². The molecule has 0 saturated carbocycles. The van der Waals surface area contributed by atoms with E-state index in [1.165, 1.54) is 30.2 Å². The van der Waals surface area contributed by atoms with Gasteiger partial charge in [0.05, 0.1) is 17.7 Å². The van der Waals surface area contributed by atoms with E-state index in [4.69, 9.17) is 16.3 Å². The number of likely N-dealkylation sites (N-methyl/N-ethyl adjacent to an activating group) is 1. The smallest absolute Gasteiger partial charge is 0.264 e. The lowest BCUT2D eigenvalue weighted by molar-refractivity contribution is -0.140. The van der Waals surface area contributed by atoms with Crippen molar-refractivity contribution in [3.05, 3.63) is 88.4 Å². The Balaban J connectivity index is 2.13. The van der Waals surface area contributed by atoms with Crippen molar-refractivity contribution in [2.45, 2.75) is 51.6 Å². The van der Waals surface area contributed by atoms with Crippen LogP contribution in [-0.2, 0) is 26.2 Å². The minimum Gasteiger partial charge on any atom is -0.495 e. The normalized spacial score (nSPS) is 11.9. The zero-order valence-corrected chi connectivity index (χ0v) is 25.1. The number of nitrogens with one attached hydrogen (secondary N) is 1. The van der Waals surface area contributed by atoms with E-state index in [2.05, 4.69) is 5.32 Å². The average molecular weight is 586 g/mol. The number of carbonyl (C=O) groups is 2. The molecule has 0 fully saturated rings. The van der Waals surface area contributed by atoms with E-state index in [0.29, 0.717) is 13.0 Å². The SMILES string of the molecule is CCNC(=O)[C@@H](CC)N(Cc1cccc(C)c1)C(=O)CN(c1cc(Cl)ccc1OC)S(=O)(=O)c1ccc(C)cc1. The van der Waals surface area contributed by atoms with Crippen molar-refractivity contribution in [2.24, 2.45) is 0 Å². The molecule has 0 aliphatic heterocycles. The molecule has 10 heteroatoms. The fraction of sp³-hybridized carbons (Fsp3) is 0.333. The standard InChI is InChI=1S/C30H36ClN3O5S/c1-6-26(30(36)32-7-2)33(19-23-10-8-9-22(4)17-23)29(35)20-34(27-18-24(31)13-16-28(27)39-5)40(37,38)25-14-11-21(3)12-15-25/h8-18,26H,6-7,19-20H2,1-5H3,(H,32,36)/t26-/m1/s1. The van der Waals surface area contributed by atoms with Gasteiger partial charge in [-0.15, -0.1) is 0 Å². The molecule has 0 saturated heterocycles. The molecule has 3 aromatic rings. The number of hydrogen-bond acceptors (Lipinski definition) is 5. The molecule has 0 spiro atoms. The van der Waals surface area contributed by atoms with E-state index in [1.54, 1.807) is 31.2 Å². The molecule has 8 nitrogen and oxygen atoms in total. The third kappa shape index (κ3) is 7.34. The molecule has 0 bridgehead atoms. The highest BCUT2D eigenvalue weighted by Crippen LogP contribution is 2.35. The minimum absolute atomic E-state index is 0.00827. The Bertz CT molecular complexity index is 1440. The van der Waals surface area contributed by atoms with E-state index in [1.807, 2.05) is 45.0 Å². The topological polar surface area (TPSA) is 96.0 Å². The molecule has 0 aromatic heterocycles. The number of methoxy groups -OCH3 is 1. The number of nitrogens with zero attached hydrogens (tertiary/aromatic N) is 2. The van der Waals surface area contributed by atoms with Crippen molar-refractivity contribution in [3.8, 4) is 5.75 Å². The second kappa shape index (κ2) is 13.7. The predicted octanol–water partition coefficient (Wildman–Crippen LogP) is 5.10. The Labute approximate surface area is 241 Å². The Hall–Kier alpha value is -3.56. The number of benzene rings is 3. The number of rotatable bonds is 12. The van der Waals surface area contributed by atoms with Gasteiger partial charge in [-0.25, -0.2) is 8.42 Å². The quantitative estimate of drug-likeness (QED) is 0.319. The fourth-order valence-electron chi connectivity index (χ4n) is 4.43. The summed E-state index contributed by atoms with van der Waals surface area (Å²) in [6.07, 6.45) is 0.342. The second-order valence-electron chi connectivity index (χ2n) is 9.47. The third-order valence-corrected chi connectivity index (χ3v) is 8.48. The van der Waals surface area contributed by atoms with Gasteiger partial charge in [-0.3, -0.25) is 13.9 Å². The highest BCUT2D eigenvalue weighted by molar-refractivity contribution is 7.92. The molecule has 0 aliphatic rings. The second-order valence-corrected chi connectivity index (χ2v) is 11.8. The number of ether oxygens (including phenoxy) is 1. The van der Waals surface area contributed by atoms with Crippen LogP contribution in [0.25, 0.3) is 0 Å². The maximum Gasteiger partial charge on any atom is 0.264 e. The van der Waals surface area contributed by atoms with Gasteiger partial charge in [-0.1, -0.05) is 66.0 Å². The number of aryl methyl sites for hydroxylation is 2. The van der Waals surface area contributed by atoms with Gasteiger partial charge in [0.1, 0.15) is 18.3 Å². The maximum absolute atomic E-state index is 14.1. The van der Waals surface area contributed by atoms with Crippen molar-refractivity contribution < 1.29 is 22.7 Å². The van der Waals surface area contributed by atoms with Gasteiger partial charge in [0, 0.05) is 18.1 Å². The summed E-state index contributed by atoms with van der Waals surface area (Å²) in [5.74, 6) is -0.620. The van der Waals surface area contributed by atoms with Crippen LogP contribution in [0.3, 0.4) is 0 Å². The van der Waals surface area contributed by atoms with Crippen LogP contribution in [-0.4, -0.2) is 51.4 Å². The predicted molar refractivity (Wildman–Crippen MR) is 158 cm³/mol. The molecule has 0 radical (unpaired) electrons. The summed E-state index contributed by atoms with van der Waals surface area (Å²) < 4.78 is 34.5. The van der Waals surface area contributed by atoms with Gasteiger partial charge in [0.25, 0.3) is 10.0 Å². The largest absolute Gasteiger partial charge is 0.495 e. The van der Waals surface area contributed by atoms with E-state index in [0.717, 1.165) is 21.0 Å². The van der Waals surface area contributed by atoms with Crippen LogP contribution in [0.1, 0.15) is 37.0 Å². The van der Waals surface area contributed by atoms with Crippen LogP contribution < -0.4 is 14.4 Å². The summed E-state index contributed by atoms with van der Waals surface area (Å²) in [6.45, 7) is 7.37. The van der Waals surface area contributed by atoms with E-state index in [-0.39, 0.29) is 33.8 Å². The number of anilines is 1. The molecule has 3 aromatic carbocycles. The third-order valence-electron chi connectivity index (χ3n) is 6.47. The van der Waals surface area contributed by atoms with Crippen molar-refractivity contribution in [2.75, 3.05) is 24.5 Å². The lowest BCUT2D eigenvalue weighted by atomic mass is 10.1. The van der Waals surface area contributed by atoms with Crippen molar-refractivity contribution in [1.29, 1.82) is 0 Å². The first-order valence-electron chi connectivity index (χ1n) is 13.1. The van der Waals surface area contributed by atoms with Crippen LogP contribution >= 0.6 is 11.6 Å². The average Bonchev–Trinajstić information content (AvgIpc) is 2.91. The van der Waals surface area contributed by atoms with Crippen molar-refractivity contribution >= 4 is 39.1 Å². The Kier molecular flexibility index (Phi) is 10.6. The number of carbonyl (C=O) groups excluding carboxylic acids is 2. The summed E-state index contributed by atoms with van der Waals surface area (Å²) in [5, 5.41) is 3.07. The molecular formula is C30H36ClN3O5S. The summed E-state index contributed by atoms with van der Waals surface area (Å²) in [7, 11) is -2.83. The van der Waals surface area contributed by atoms with Gasteiger partial charge < -0.3 is 15.0 Å². The molecule has 2 amide bonds. The van der Waals surface area contributed by atoms with Crippen LogP contribution in [0.5, 0.6) is 5.75 Å². The number of halogens is 1. The molecule has 0 heterocycles. The lowest BCUT2D eigenvalue weighted by Gasteiger charge is -2.33. The molecule has 214 valence electrons. The summed E-state index contributed by atoms with van der Waals surface area (Å²) in [4.78, 5) is 28.6. The number of hydrogen-bond donors (Lipinski definition) is 1. The Morgan fingerprint density at radius 2 is 1.68 bits per heavy atom. The molecule has 3 rings (SSSR count). The van der Waals surface area contributed by atoms with E-state index in [9.17, 15) is 18.0 Å². The summed E-state index contributed by atoms with van der Waals surface area (Å²) >= 11 is 6.28. The van der Waals surface area contributed by atoms with Crippen LogP contribution in [0, 0.1) is 13.8 Å². The highest BCUT2D eigenvalue weighted by Gasteiger charge is 2.34.